The Kier molecular flexibility index (Phi) is 6.41. The van der Waals surface area contributed by atoms with Gasteiger partial charge >= 0.3 is 0 Å². The van der Waals surface area contributed by atoms with Crippen molar-refractivity contribution in [3.63, 3.8) is 0 Å². The van der Waals surface area contributed by atoms with Crippen LogP contribution in [0.5, 0.6) is 5.75 Å². The molecule has 0 aliphatic carbocycles. The number of nitrogens with one attached hydrogen (secondary N) is 1. The molecule has 1 saturated heterocycles. The van der Waals surface area contributed by atoms with E-state index in [2.05, 4.69) is 16.3 Å². The van der Waals surface area contributed by atoms with Gasteiger partial charge in [0.05, 0.1) is 20.3 Å². The van der Waals surface area contributed by atoms with Crippen molar-refractivity contribution in [1.29, 1.82) is 0 Å². The second-order valence-corrected chi connectivity index (χ2v) is 6.14. The Morgan fingerprint density at radius 3 is 2.81 bits per heavy atom. The highest BCUT2D eigenvalue weighted by Crippen LogP contribution is 2.18. The van der Waals surface area contributed by atoms with Crippen molar-refractivity contribution in [1.82, 2.24) is 4.90 Å². The Labute approximate surface area is 154 Å². The monoisotopic (exact) mass is 352 g/mol. The van der Waals surface area contributed by atoms with Gasteiger partial charge in [0, 0.05) is 31.4 Å². The lowest BCUT2D eigenvalue weighted by molar-refractivity contribution is -0.111. The summed E-state index contributed by atoms with van der Waals surface area (Å²) in [6.45, 7) is 4.16. The molecule has 1 heterocycles. The van der Waals surface area contributed by atoms with Gasteiger partial charge in [-0.25, -0.2) is 0 Å². The largest absolute Gasteiger partial charge is 0.497 e. The molecule has 2 aromatic carbocycles. The molecule has 1 N–H and O–H groups in total. The lowest BCUT2D eigenvalue weighted by atomic mass is 10.1. The normalized spacial score (nSPS) is 15.1. The zero-order valence-electron chi connectivity index (χ0n) is 15.0. The number of benzene rings is 2. The van der Waals surface area contributed by atoms with Crippen LogP contribution in [0.1, 0.15) is 11.1 Å². The molecular weight excluding hydrogens is 328 g/mol. The van der Waals surface area contributed by atoms with Crippen molar-refractivity contribution in [2.24, 2.45) is 0 Å². The predicted octanol–water partition coefficient (Wildman–Crippen LogP) is 3.18. The molecule has 3 rings (SSSR count). The molecule has 2 aromatic rings. The van der Waals surface area contributed by atoms with Crippen LogP contribution in [0.2, 0.25) is 0 Å². The molecule has 0 radical (unpaired) electrons. The quantitative estimate of drug-likeness (QED) is 0.812. The van der Waals surface area contributed by atoms with Crippen molar-refractivity contribution in [3.8, 4) is 5.75 Å². The summed E-state index contributed by atoms with van der Waals surface area (Å²) in [5.74, 6) is 0.616. The van der Waals surface area contributed by atoms with Crippen LogP contribution in [-0.2, 0) is 16.1 Å². The number of morpholine rings is 1. The summed E-state index contributed by atoms with van der Waals surface area (Å²) < 4.78 is 10.6. The smallest absolute Gasteiger partial charge is 0.248 e. The molecule has 0 bridgehead atoms. The number of carbonyl (C=O) groups excluding carboxylic acids is 1. The number of methoxy groups -OCH3 is 1. The Balaban J connectivity index is 1.64. The van der Waals surface area contributed by atoms with Gasteiger partial charge in [-0.3, -0.25) is 9.69 Å². The van der Waals surface area contributed by atoms with Crippen molar-refractivity contribution in [2.75, 3.05) is 38.7 Å². The van der Waals surface area contributed by atoms with Gasteiger partial charge in [0.2, 0.25) is 5.91 Å². The molecule has 1 aliphatic heterocycles. The minimum absolute atomic E-state index is 0.151. The van der Waals surface area contributed by atoms with E-state index in [0.29, 0.717) is 0 Å². The minimum atomic E-state index is -0.151. The van der Waals surface area contributed by atoms with Crippen LogP contribution in [-0.4, -0.2) is 44.2 Å². The fourth-order valence-electron chi connectivity index (χ4n) is 2.87. The van der Waals surface area contributed by atoms with Crippen LogP contribution in [0.25, 0.3) is 6.08 Å². The number of amides is 1. The molecule has 1 fully saturated rings. The summed E-state index contributed by atoms with van der Waals surface area (Å²) >= 11 is 0. The van der Waals surface area contributed by atoms with Gasteiger partial charge in [0.15, 0.2) is 0 Å². The molecule has 1 aliphatic rings. The molecule has 1 amide bonds. The Morgan fingerprint density at radius 2 is 2.00 bits per heavy atom. The van der Waals surface area contributed by atoms with E-state index in [1.165, 1.54) is 0 Å². The average Bonchev–Trinajstić information content (AvgIpc) is 2.69. The highest BCUT2D eigenvalue weighted by atomic mass is 16.5. The number of hydrogen-bond donors (Lipinski definition) is 1. The van der Waals surface area contributed by atoms with Crippen molar-refractivity contribution in [2.45, 2.75) is 6.54 Å². The topological polar surface area (TPSA) is 50.8 Å². The Bertz CT molecular complexity index is 767. The van der Waals surface area contributed by atoms with Crippen LogP contribution in [0, 0.1) is 0 Å². The highest BCUT2D eigenvalue weighted by molar-refractivity contribution is 6.02. The molecule has 0 spiro atoms. The first-order valence-corrected chi connectivity index (χ1v) is 8.76. The summed E-state index contributed by atoms with van der Waals surface area (Å²) in [6, 6.07) is 15.5. The summed E-state index contributed by atoms with van der Waals surface area (Å²) in [5, 5.41) is 2.98. The third-order valence-electron chi connectivity index (χ3n) is 4.29. The maximum atomic E-state index is 12.3. The number of ether oxygens (including phenoxy) is 2. The van der Waals surface area contributed by atoms with E-state index in [4.69, 9.17) is 9.47 Å². The summed E-state index contributed by atoms with van der Waals surface area (Å²) in [7, 11) is 1.63. The molecular formula is C21H24N2O3. The second kappa shape index (κ2) is 9.17. The zero-order valence-corrected chi connectivity index (χ0v) is 15.0. The van der Waals surface area contributed by atoms with Crippen molar-refractivity contribution >= 4 is 17.7 Å². The van der Waals surface area contributed by atoms with Gasteiger partial charge in [0.25, 0.3) is 0 Å². The first kappa shape index (κ1) is 18.2. The number of hydrogen-bond acceptors (Lipinski definition) is 4. The van der Waals surface area contributed by atoms with E-state index >= 15 is 0 Å². The van der Waals surface area contributed by atoms with E-state index in [1.54, 1.807) is 19.3 Å². The van der Waals surface area contributed by atoms with Gasteiger partial charge in [-0.1, -0.05) is 30.3 Å². The minimum Gasteiger partial charge on any atom is -0.497 e. The number of nitrogens with zero attached hydrogens (tertiary/aromatic N) is 1. The lowest BCUT2D eigenvalue weighted by Gasteiger charge is -2.27. The van der Waals surface area contributed by atoms with Gasteiger partial charge < -0.3 is 14.8 Å². The fourth-order valence-corrected chi connectivity index (χ4v) is 2.87. The van der Waals surface area contributed by atoms with E-state index in [1.807, 2.05) is 42.5 Å². The molecule has 0 saturated carbocycles. The molecule has 136 valence electrons. The van der Waals surface area contributed by atoms with E-state index in [9.17, 15) is 4.79 Å². The van der Waals surface area contributed by atoms with Crippen molar-refractivity contribution < 1.29 is 14.3 Å². The van der Waals surface area contributed by atoms with Gasteiger partial charge in [-0.2, -0.15) is 0 Å². The molecule has 0 unspecified atom stereocenters. The number of anilines is 1. The Morgan fingerprint density at radius 1 is 1.19 bits per heavy atom. The predicted molar refractivity (Wildman–Crippen MR) is 103 cm³/mol. The third-order valence-corrected chi connectivity index (χ3v) is 4.29. The van der Waals surface area contributed by atoms with Crippen molar-refractivity contribution in [3.05, 3.63) is 65.7 Å². The second-order valence-electron chi connectivity index (χ2n) is 6.14. The van der Waals surface area contributed by atoms with Crippen LogP contribution in [0.15, 0.2) is 54.6 Å². The Hall–Kier alpha value is -2.63. The molecule has 0 atom stereocenters. The number of para-hydroxylation sites is 1. The maximum Gasteiger partial charge on any atom is 0.248 e. The van der Waals surface area contributed by atoms with Gasteiger partial charge in [-0.15, -0.1) is 0 Å². The fraction of sp³-hybridized carbons (Fsp3) is 0.286. The third kappa shape index (κ3) is 5.18. The maximum absolute atomic E-state index is 12.3. The highest BCUT2D eigenvalue weighted by Gasteiger charge is 2.13. The number of rotatable bonds is 6. The summed E-state index contributed by atoms with van der Waals surface area (Å²) in [5.41, 5.74) is 2.87. The van der Waals surface area contributed by atoms with Gasteiger partial charge in [0.1, 0.15) is 5.75 Å². The molecule has 26 heavy (non-hydrogen) atoms. The molecule has 5 nitrogen and oxygen atoms in total. The van der Waals surface area contributed by atoms with E-state index in [0.717, 1.165) is 55.4 Å². The van der Waals surface area contributed by atoms with E-state index < -0.39 is 0 Å². The summed E-state index contributed by atoms with van der Waals surface area (Å²) in [4.78, 5) is 14.7. The van der Waals surface area contributed by atoms with Crippen LogP contribution < -0.4 is 10.1 Å². The average molecular weight is 352 g/mol. The standard InChI is InChI=1S/C21H24N2O3/c1-25-19-7-4-5-17(15-19)9-10-21(24)22-20-8-3-2-6-18(20)16-23-11-13-26-14-12-23/h2-10,15H,11-14,16H2,1H3,(H,22,24)/b10-9+. The van der Waals surface area contributed by atoms with Crippen LogP contribution in [0.3, 0.4) is 0 Å². The number of carbonyl (C=O) groups is 1. The first-order valence-electron chi connectivity index (χ1n) is 8.76. The summed E-state index contributed by atoms with van der Waals surface area (Å²) in [6.07, 6.45) is 3.32. The molecule has 5 heteroatoms. The SMILES string of the molecule is COc1cccc(/C=C/C(=O)Nc2ccccc2CN2CCOCC2)c1. The van der Waals surface area contributed by atoms with Gasteiger partial charge in [-0.05, 0) is 35.4 Å². The van der Waals surface area contributed by atoms with Crippen LogP contribution in [0.4, 0.5) is 5.69 Å². The first-order chi connectivity index (χ1) is 12.7. The van der Waals surface area contributed by atoms with E-state index in [-0.39, 0.29) is 5.91 Å². The zero-order chi connectivity index (χ0) is 18.2. The molecule has 0 aromatic heterocycles. The lowest BCUT2D eigenvalue weighted by Crippen LogP contribution is -2.35. The van der Waals surface area contributed by atoms with Crippen LogP contribution >= 0.6 is 0 Å².